The summed E-state index contributed by atoms with van der Waals surface area (Å²) in [5.41, 5.74) is 2.76. The van der Waals surface area contributed by atoms with Crippen LogP contribution in [-0.2, 0) is 0 Å². The van der Waals surface area contributed by atoms with Crippen molar-refractivity contribution in [3.05, 3.63) is 69.5 Å². The van der Waals surface area contributed by atoms with Crippen molar-refractivity contribution in [1.82, 2.24) is 4.98 Å². The molecule has 1 aromatic heterocycles. The number of hydrogen-bond acceptors (Lipinski definition) is 3. The van der Waals surface area contributed by atoms with Gasteiger partial charge in [-0.05, 0) is 42.0 Å². The highest BCUT2D eigenvalue weighted by molar-refractivity contribution is 6.36. The topological polar surface area (TPSA) is 45.9 Å². The van der Waals surface area contributed by atoms with E-state index in [9.17, 15) is 5.26 Å². The molecule has 0 saturated carbocycles. The lowest BCUT2D eigenvalue weighted by molar-refractivity contribution is 0.351. The third kappa shape index (κ3) is 2.99. The summed E-state index contributed by atoms with van der Waals surface area (Å²) >= 11 is 12.1. The summed E-state index contributed by atoms with van der Waals surface area (Å²) in [6.07, 6.45) is 5.33. The van der Waals surface area contributed by atoms with E-state index >= 15 is 0 Å². The Morgan fingerprint density at radius 3 is 2.91 bits per heavy atom. The van der Waals surface area contributed by atoms with Crippen LogP contribution in [-0.4, -0.2) is 11.6 Å². The number of fused-ring (bicyclic) bond motifs is 1. The highest BCUT2D eigenvalue weighted by Crippen LogP contribution is 2.36. The molecule has 0 radical (unpaired) electrons. The number of rotatable bonds is 2. The maximum Gasteiger partial charge on any atom is 0.145 e. The van der Waals surface area contributed by atoms with E-state index in [-0.39, 0.29) is 0 Å². The first-order chi connectivity index (χ1) is 10.7. The zero-order valence-electron chi connectivity index (χ0n) is 11.4. The second-order valence-corrected chi connectivity index (χ2v) is 5.54. The number of ether oxygens (including phenoxy) is 1. The predicted molar refractivity (Wildman–Crippen MR) is 87.8 cm³/mol. The van der Waals surface area contributed by atoms with Gasteiger partial charge in [0.25, 0.3) is 0 Å². The van der Waals surface area contributed by atoms with Crippen molar-refractivity contribution >= 4 is 34.9 Å². The van der Waals surface area contributed by atoms with Gasteiger partial charge in [0.2, 0.25) is 0 Å². The molecule has 3 nitrogen and oxygen atoms in total. The van der Waals surface area contributed by atoms with Gasteiger partial charge in [-0.3, -0.25) is 4.98 Å². The molecule has 1 aromatic carbocycles. The van der Waals surface area contributed by atoms with Crippen molar-refractivity contribution in [2.45, 2.75) is 0 Å². The first-order valence-corrected chi connectivity index (χ1v) is 7.28. The van der Waals surface area contributed by atoms with Crippen molar-refractivity contribution in [1.29, 1.82) is 5.26 Å². The Kier molecular flexibility index (Phi) is 4.15. The first kappa shape index (κ1) is 14.6. The van der Waals surface area contributed by atoms with Crippen molar-refractivity contribution in [2.24, 2.45) is 0 Å². The van der Waals surface area contributed by atoms with Crippen LogP contribution in [0.3, 0.4) is 0 Å². The molecule has 0 unspecified atom stereocenters. The third-order valence-electron chi connectivity index (χ3n) is 3.15. The van der Waals surface area contributed by atoms with E-state index < -0.39 is 0 Å². The summed E-state index contributed by atoms with van der Waals surface area (Å²) in [5, 5.41) is 10.3. The van der Waals surface area contributed by atoms with E-state index in [1.165, 1.54) is 0 Å². The molecular formula is C17H10Cl2N2O. The molecule has 1 aliphatic heterocycles. The Hall–Kier alpha value is -2.28. The standard InChI is InChI=1S/C17H10Cl2N2O/c18-14-7-12-5-11(10-22-17(12)15(19)8-14)6-13(9-20)16-3-1-2-4-21-16/h1-8H,10H2/b13-6-. The highest BCUT2D eigenvalue weighted by atomic mass is 35.5. The van der Waals surface area contributed by atoms with Crippen LogP contribution in [0.2, 0.25) is 10.0 Å². The molecule has 22 heavy (non-hydrogen) atoms. The van der Waals surface area contributed by atoms with Gasteiger partial charge in [0, 0.05) is 16.8 Å². The van der Waals surface area contributed by atoms with Crippen LogP contribution >= 0.6 is 23.2 Å². The van der Waals surface area contributed by atoms with Crippen LogP contribution in [0.4, 0.5) is 0 Å². The molecule has 108 valence electrons. The smallest absolute Gasteiger partial charge is 0.145 e. The minimum absolute atomic E-state index is 0.340. The molecule has 5 heteroatoms. The van der Waals surface area contributed by atoms with E-state index in [2.05, 4.69) is 11.1 Å². The Balaban J connectivity index is 2.01. The largest absolute Gasteiger partial charge is 0.487 e. The van der Waals surface area contributed by atoms with E-state index in [1.54, 1.807) is 30.5 Å². The summed E-state index contributed by atoms with van der Waals surface area (Å²) in [6.45, 7) is 0.340. The van der Waals surface area contributed by atoms with Gasteiger partial charge in [-0.1, -0.05) is 29.3 Å². The lowest BCUT2D eigenvalue weighted by Crippen LogP contribution is -2.07. The van der Waals surface area contributed by atoms with Crippen molar-refractivity contribution in [2.75, 3.05) is 6.61 Å². The van der Waals surface area contributed by atoms with E-state index in [0.29, 0.717) is 33.7 Å². The van der Waals surface area contributed by atoms with E-state index in [1.807, 2.05) is 18.2 Å². The van der Waals surface area contributed by atoms with Gasteiger partial charge in [0.15, 0.2) is 0 Å². The maximum absolute atomic E-state index is 9.33. The highest BCUT2D eigenvalue weighted by Gasteiger charge is 2.15. The summed E-state index contributed by atoms with van der Waals surface area (Å²) in [6, 6.07) is 11.0. The molecule has 0 saturated heterocycles. The first-order valence-electron chi connectivity index (χ1n) is 6.53. The minimum atomic E-state index is 0.340. The maximum atomic E-state index is 9.33. The van der Waals surface area contributed by atoms with Gasteiger partial charge >= 0.3 is 0 Å². The molecule has 0 spiro atoms. The van der Waals surface area contributed by atoms with Crippen molar-refractivity contribution < 1.29 is 4.74 Å². The molecule has 2 aromatic rings. The summed E-state index contributed by atoms with van der Waals surface area (Å²) < 4.78 is 5.67. The Morgan fingerprint density at radius 2 is 2.18 bits per heavy atom. The quantitative estimate of drug-likeness (QED) is 0.746. The van der Waals surface area contributed by atoms with Crippen LogP contribution < -0.4 is 4.74 Å². The Labute approximate surface area is 138 Å². The fourth-order valence-electron chi connectivity index (χ4n) is 2.19. The molecule has 1 aliphatic rings. The Bertz CT molecular complexity index is 821. The van der Waals surface area contributed by atoms with Crippen molar-refractivity contribution in [3.8, 4) is 11.8 Å². The van der Waals surface area contributed by atoms with Crippen LogP contribution in [0, 0.1) is 11.3 Å². The molecular weight excluding hydrogens is 319 g/mol. The number of pyridine rings is 1. The average Bonchev–Trinajstić information content (AvgIpc) is 2.53. The van der Waals surface area contributed by atoms with Gasteiger partial charge in [0.05, 0.1) is 16.3 Å². The lowest BCUT2D eigenvalue weighted by Gasteiger charge is -2.18. The molecule has 0 amide bonds. The predicted octanol–water partition coefficient (Wildman–Crippen LogP) is 4.77. The van der Waals surface area contributed by atoms with Crippen LogP contribution in [0.5, 0.6) is 5.75 Å². The SMILES string of the molecule is N#C/C(=C/C1=Cc2cc(Cl)cc(Cl)c2OC1)c1ccccn1. The number of aromatic nitrogens is 1. The number of nitrogens with zero attached hydrogens (tertiary/aromatic N) is 2. The Morgan fingerprint density at radius 1 is 1.32 bits per heavy atom. The van der Waals surface area contributed by atoms with Crippen molar-refractivity contribution in [3.63, 3.8) is 0 Å². The third-order valence-corrected chi connectivity index (χ3v) is 3.65. The van der Waals surface area contributed by atoms with E-state index in [0.717, 1.165) is 11.1 Å². The van der Waals surface area contributed by atoms with Crippen LogP contribution in [0.15, 0.2) is 48.2 Å². The van der Waals surface area contributed by atoms with Crippen LogP contribution in [0.1, 0.15) is 11.3 Å². The summed E-state index contributed by atoms with van der Waals surface area (Å²) in [7, 11) is 0. The number of benzene rings is 1. The second kappa shape index (κ2) is 6.23. The fourth-order valence-corrected chi connectivity index (χ4v) is 2.75. The minimum Gasteiger partial charge on any atom is -0.487 e. The van der Waals surface area contributed by atoms with E-state index in [4.69, 9.17) is 27.9 Å². The normalized spacial score (nSPS) is 13.7. The van der Waals surface area contributed by atoms with Gasteiger partial charge in [0.1, 0.15) is 18.4 Å². The summed E-state index contributed by atoms with van der Waals surface area (Å²) in [5.74, 6) is 0.611. The molecule has 0 bridgehead atoms. The molecule has 0 N–H and O–H groups in total. The number of hydrogen-bond donors (Lipinski definition) is 0. The number of allylic oxidation sites excluding steroid dienone is 1. The summed E-state index contributed by atoms with van der Waals surface area (Å²) in [4.78, 5) is 4.19. The molecule has 3 rings (SSSR count). The van der Waals surface area contributed by atoms with Gasteiger partial charge in [-0.25, -0.2) is 0 Å². The fraction of sp³-hybridized carbons (Fsp3) is 0.0588. The zero-order chi connectivity index (χ0) is 15.5. The number of halogens is 2. The molecule has 0 aliphatic carbocycles. The van der Waals surface area contributed by atoms with Gasteiger partial charge in [-0.2, -0.15) is 5.26 Å². The lowest BCUT2D eigenvalue weighted by atomic mass is 10.0. The van der Waals surface area contributed by atoms with Gasteiger partial charge in [-0.15, -0.1) is 0 Å². The zero-order valence-corrected chi connectivity index (χ0v) is 12.9. The van der Waals surface area contributed by atoms with Crippen LogP contribution in [0.25, 0.3) is 11.6 Å². The monoisotopic (exact) mass is 328 g/mol. The second-order valence-electron chi connectivity index (χ2n) is 4.70. The molecule has 0 atom stereocenters. The molecule has 2 heterocycles. The molecule has 0 fully saturated rings. The average molecular weight is 329 g/mol. The van der Waals surface area contributed by atoms with Gasteiger partial charge < -0.3 is 4.74 Å². The number of nitriles is 1.